The van der Waals surface area contributed by atoms with Crippen molar-refractivity contribution in [2.24, 2.45) is 0 Å². The molecule has 0 aliphatic rings. The summed E-state index contributed by atoms with van der Waals surface area (Å²) >= 11 is 0. The van der Waals surface area contributed by atoms with Gasteiger partial charge in [-0.05, 0) is 26.0 Å². The Labute approximate surface area is 132 Å². The van der Waals surface area contributed by atoms with Crippen LogP contribution in [0.1, 0.15) is 13.8 Å². The average Bonchev–Trinajstić information content (AvgIpc) is 3.03. The van der Waals surface area contributed by atoms with Crippen molar-refractivity contribution in [3.63, 3.8) is 0 Å². The molecule has 9 nitrogen and oxygen atoms in total. The monoisotopic (exact) mass is 319 g/mol. The number of hydrogen-bond acceptors (Lipinski definition) is 6. The third-order valence-corrected chi connectivity index (χ3v) is 2.65. The van der Waals surface area contributed by atoms with Gasteiger partial charge in [-0.2, -0.15) is 10.1 Å². The van der Waals surface area contributed by atoms with E-state index in [1.165, 1.54) is 6.33 Å². The number of aromatic amines is 1. The number of hydrogen-bond donors (Lipinski definition) is 3. The topological polar surface area (TPSA) is 118 Å². The standard InChI is InChI=1S/C14H17N5O4/c1-3-22-10-6-5-9(7-11(10)23-4-2)17-12(20)13(21)18-14-15-8-16-19-14/h5-8H,3-4H2,1-2H3,(H,17,20)(H2,15,16,18,19,21). The van der Waals surface area contributed by atoms with Gasteiger partial charge in [0.1, 0.15) is 6.33 Å². The van der Waals surface area contributed by atoms with Gasteiger partial charge in [0.2, 0.25) is 5.95 Å². The maximum absolute atomic E-state index is 11.9. The molecule has 0 saturated heterocycles. The molecule has 0 atom stereocenters. The fourth-order valence-corrected chi connectivity index (χ4v) is 1.75. The Kier molecular flexibility index (Phi) is 5.50. The lowest BCUT2D eigenvalue weighted by atomic mass is 10.2. The van der Waals surface area contributed by atoms with E-state index in [2.05, 4.69) is 25.8 Å². The van der Waals surface area contributed by atoms with Crippen LogP contribution in [-0.4, -0.2) is 40.2 Å². The number of ether oxygens (including phenoxy) is 2. The molecule has 1 aromatic carbocycles. The smallest absolute Gasteiger partial charge is 0.316 e. The van der Waals surface area contributed by atoms with Crippen molar-refractivity contribution in [2.45, 2.75) is 13.8 Å². The second-order valence-electron chi connectivity index (χ2n) is 4.27. The zero-order valence-electron chi connectivity index (χ0n) is 12.8. The number of anilines is 2. The number of nitrogens with one attached hydrogen (secondary N) is 3. The Balaban J connectivity index is 2.05. The van der Waals surface area contributed by atoms with E-state index in [0.717, 1.165) is 0 Å². The maximum atomic E-state index is 11.9. The first-order valence-electron chi connectivity index (χ1n) is 7.01. The summed E-state index contributed by atoms with van der Waals surface area (Å²) in [5, 5.41) is 10.7. The number of carbonyl (C=O) groups excluding carboxylic acids is 2. The highest BCUT2D eigenvalue weighted by Gasteiger charge is 2.16. The van der Waals surface area contributed by atoms with Crippen molar-refractivity contribution < 1.29 is 19.1 Å². The van der Waals surface area contributed by atoms with E-state index in [-0.39, 0.29) is 5.95 Å². The van der Waals surface area contributed by atoms with Gasteiger partial charge in [0.05, 0.1) is 13.2 Å². The van der Waals surface area contributed by atoms with Crippen molar-refractivity contribution in [2.75, 3.05) is 23.8 Å². The zero-order valence-corrected chi connectivity index (χ0v) is 12.8. The largest absolute Gasteiger partial charge is 0.490 e. The van der Waals surface area contributed by atoms with Crippen molar-refractivity contribution in [3.8, 4) is 11.5 Å². The average molecular weight is 319 g/mol. The van der Waals surface area contributed by atoms with Gasteiger partial charge in [-0.15, -0.1) is 0 Å². The normalized spacial score (nSPS) is 10.0. The van der Waals surface area contributed by atoms with Gasteiger partial charge in [0.15, 0.2) is 11.5 Å². The van der Waals surface area contributed by atoms with Crippen molar-refractivity contribution >= 4 is 23.5 Å². The lowest BCUT2D eigenvalue weighted by molar-refractivity contribution is -0.133. The summed E-state index contributed by atoms with van der Waals surface area (Å²) in [6.45, 7) is 4.64. The molecule has 9 heteroatoms. The number of nitrogens with zero attached hydrogens (tertiary/aromatic N) is 2. The summed E-state index contributed by atoms with van der Waals surface area (Å²) in [7, 11) is 0. The minimum absolute atomic E-state index is 0.0897. The molecule has 2 aromatic rings. The molecule has 0 radical (unpaired) electrons. The predicted octanol–water partition coefficient (Wildman–Crippen LogP) is 1.18. The Morgan fingerprint density at radius 3 is 2.43 bits per heavy atom. The van der Waals surface area contributed by atoms with Crippen molar-refractivity contribution in [3.05, 3.63) is 24.5 Å². The Bertz CT molecular complexity index is 672. The van der Waals surface area contributed by atoms with Crippen LogP contribution in [0.5, 0.6) is 11.5 Å². The number of H-pyrrole nitrogens is 1. The number of rotatable bonds is 6. The van der Waals surface area contributed by atoms with Crippen LogP contribution in [0.15, 0.2) is 24.5 Å². The van der Waals surface area contributed by atoms with Gasteiger partial charge in [0.25, 0.3) is 0 Å². The number of carbonyl (C=O) groups is 2. The molecule has 0 unspecified atom stereocenters. The lowest BCUT2D eigenvalue weighted by Crippen LogP contribution is -2.29. The molecule has 0 aliphatic carbocycles. The van der Waals surface area contributed by atoms with Crippen LogP contribution < -0.4 is 20.1 Å². The highest BCUT2D eigenvalue weighted by molar-refractivity contribution is 6.43. The van der Waals surface area contributed by atoms with Crippen LogP contribution >= 0.6 is 0 Å². The summed E-state index contributed by atoms with van der Waals surface area (Å²) in [4.78, 5) is 27.3. The molecule has 1 heterocycles. The molecule has 0 spiro atoms. The van der Waals surface area contributed by atoms with Gasteiger partial charge >= 0.3 is 11.8 Å². The maximum Gasteiger partial charge on any atom is 0.316 e. The van der Waals surface area contributed by atoms with Crippen LogP contribution in [-0.2, 0) is 9.59 Å². The SMILES string of the molecule is CCOc1ccc(NC(=O)C(=O)Nc2ncn[nH]2)cc1OCC. The van der Waals surface area contributed by atoms with Crippen molar-refractivity contribution in [1.82, 2.24) is 15.2 Å². The summed E-state index contributed by atoms with van der Waals surface area (Å²) in [6, 6.07) is 4.87. The van der Waals surface area contributed by atoms with Gasteiger partial charge < -0.3 is 14.8 Å². The summed E-state index contributed by atoms with van der Waals surface area (Å²) < 4.78 is 10.9. The van der Waals surface area contributed by atoms with Gasteiger partial charge in [-0.1, -0.05) is 0 Å². The molecule has 2 rings (SSSR count). The summed E-state index contributed by atoms with van der Waals surface area (Å²) in [6.07, 6.45) is 1.22. The van der Waals surface area contributed by atoms with E-state index in [9.17, 15) is 9.59 Å². The molecule has 0 saturated carbocycles. The van der Waals surface area contributed by atoms with E-state index in [0.29, 0.717) is 30.4 Å². The van der Waals surface area contributed by atoms with E-state index in [4.69, 9.17) is 9.47 Å². The minimum Gasteiger partial charge on any atom is -0.490 e. The van der Waals surface area contributed by atoms with Crippen LogP contribution in [0.3, 0.4) is 0 Å². The van der Waals surface area contributed by atoms with E-state index < -0.39 is 11.8 Å². The molecule has 3 N–H and O–H groups in total. The highest BCUT2D eigenvalue weighted by Crippen LogP contribution is 2.30. The van der Waals surface area contributed by atoms with E-state index >= 15 is 0 Å². The first-order chi connectivity index (χ1) is 11.1. The van der Waals surface area contributed by atoms with Gasteiger partial charge in [0, 0.05) is 11.8 Å². The lowest BCUT2D eigenvalue weighted by Gasteiger charge is -2.12. The number of benzene rings is 1. The molecule has 1 aromatic heterocycles. The molecule has 2 amide bonds. The third kappa shape index (κ3) is 4.43. The number of amides is 2. The highest BCUT2D eigenvalue weighted by atomic mass is 16.5. The van der Waals surface area contributed by atoms with Gasteiger partial charge in [-0.25, -0.2) is 5.10 Å². The predicted molar refractivity (Wildman–Crippen MR) is 82.4 cm³/mol. The zero-order chi connectivity index (χ0) is 16.7. The fourth-order valence-electron chi connectivity index (χ4n) is 1.75. The summed E-state index contributed by atoms with van der Waals surface area (Å²) in [5.41, 5.74) is 0.412. The van der Waals surface area contributed by atoms with Crippen LogP contribution in [0, 0.1) is 0 Å². The Hall–Kier alpha value is -3.10. The molecule has 23 heavy (non-hydrogen) atoms. The van der Waals surface area contributed by atoms with E-state index in [1.807, 2.05) is 13.8 Å². The minimum atomic E-state index is -0.867. The van der Waals surface area contributed by atoms with Crippen LogP contribution in [0.4, 0.5) is 11.6 Å². The fraction of sp³-hybridized carbons (Fsp3) is 0.286. The Morgan fingerprint density at radius 1 is 1.09 bits per heavy atom. The summed E-state index contributed by atoms with van der Waals surface area (Å²) in [5.74, 6) is -0.560. The molecular weight excluding hydrogens is 302 g/mol. The second-order valence-corrected chi connectivity index (χ2v) is 4.27. The first kappa shape index (κ1) is 16.3. The number of aromatic nitrogens is 3. The van der Waals surface area contributed by atoms with Crippen LogP contribution in [0.25, 0.3) is 0 Å². The molecule has 0 fully saturated rings. The van der Waals surface area contributed by atoms with Crippen molar-refractivity contribution in [1.29, 1.82) is 0 Å². The third-order valence-electron chi connectivity index (χ3n) is 2.65. The second kappa shape index (κ2) is 7.78. The molecule has 0 aliphatic heterocycles. The molecule has 122 valence electrons. The molecular formula is C14H17N5O4. The first-order valence-corrected chi connectivity index (χ1v) is 7.01. The quantitative estimate of drug-likeness (QED) is 0.688. The molecule has 0 bridgehead atoms. The Morgan fingerprint density at radius 2 is 1.78 bits per heavy atom. The van der Waals surface area contributed by atoms with Gasteiger partial charge in [-0.3, -0.25) is 14.9 Å². The van der Waals surface area contributed by atoms with E-state index in [1.54, 1.807) is 18.2 Å². The van der Waals surface area contributed by atoms with Crippen LogP contribution in [0.2, 0.25) is 0 Å².